The van der Waals surface area contributed by atoms with Crippen molar-refractivity contribution in [1.29, 1.82) is 0 Å². The van der Waals surface area contributed by atoms with E-state index in [9.17, 15) is 4.79 Å². The molecule has 0 radical (unpaired) electrons. The van der Waals surface area contributed by atoms with Crippen LogP contribution in [0.15, 0.2) is 36.5 Å². The van der Waals surface area contributed by atoms with Crippen molar-refractivity contribution in [3.8, 4) is 10.4 Å². The summed E-state index contributed by atoms with van der Waals surface area (Å²) in [4.78, 5) is 15.3. The van der Waals surface area contributed by atoms with Gasteiger partial charge in [-0.25, -0.2) is 9.78 Å². The van der Waals surface area contributed by atoms with E-state index in [1.807, 2.05) is 30.3 Å². The quantitative estimate of drug-likeness (QED) is 0.818. The Hall–Kier alpha value is -1.88. The molecule has 0 saturated heterocycles. The molecule has 76 valence electrons. The van der Waals surface area contributed by atoms with Crippen LogP contribution in [0.2, 0.25) is 0 Å². The molecule has 1 heterocycles. The molecular formula is C10H8N2O2S. The zero-order valence-electron chi connectivity index (χ0n) is 7.68. The van der Waals surface area contributed by atoms with Crippen LogP contribution in [0.4, 0.5) is 9.93 Å². The smallest absolute Gasteiger partial charge is 0.410 e. The fraction of sp³-hybridized carbons (Fsp3) is 0. The lowest BCUT2D eigenvalue weighted by Crippen LogP contribution is -2.06. The monoisotopic (exact) mass is 220 g/mol. The van der Waals surface area contributed by atoms with E-state index in [0.29, 0.717) is 5.13 Å². The lowest BCUT2D eigenvalue weighted by atomic mass is 10.2. The van der Waals surface area contributed by atoms with Gasteiger partial charge in [0.15, 0.2) is 5.13 Å². The molecule has 15 heavy (non-hydrogen) atoms. The van der Waals surface area contributed by atoms with Crippen molar-refractivity contribution in [1.82, 2.24) is 4.98 Å². The Morgan fingerprint density at radius 1 is 1.33 bits per heavy atom. The number of anilines is 1. The van der Waals surface area contributed by atoms with Gasteiger partial charge < -0.3 is 5.11 Å². The summed E-state index contributed by atoms with van der Waals surface area (Å²) in [5, 5.41) is 11.1. The molecular weight excluding hydrogens is 212 g/mol. The minimum absolute atomic E-state index is 0.390. The predicted molar refractivity (Wildman–Crippen MR) is 59.2 cm³/mol. The molecule has 0 spiro atoms. The lowest BCUT2D eigenvalue weighted by Gasteiger charge is -1.94. The Bertz CT molecular complexity index is 467. The number of rotatable bonds is 2. The zero-order valence-corrected chi connectivity index (χ0v) is 8.49. The van der Waals surface area contributed by atoms with Crippen LogP contribution in [0.25, 0.3) is 10.4 Å². The van der Waals surface area contributed by atoms with Crippen LogP contribution in [-0.2, 0) is 0 Å². The van der Waals surface area contributed by atoms with E-state index >= 15 is 0 Å². The van der Waals surface area contributed by atoms with Crippen LogP contribution >= 0.6 is 11.3 Å². The summed E-state index contributed by atoms with van der Waals surface area (Å²) in [5.41, 5.74) is 1.04. The SMILES string of the molecule is O=C(O)Nc1ncc(-c2ccccc2)s1. The Morgan fingerprint density at radius 3 is 2.73 bits per heavy atom. The van der Waals surface area contributed by atoms with Crippen LogP contribution in [0.5, 0.6) is 0 Å². The number of benzene rings is 1. The lowest BCUT2D eigenvalue weighted by molar-refractivity contribution is 0.209. The molecule has 1 amide bonds. The van der Waals surface area contributed by atoms with Crippen LogP contribution in [0, 0.1) is 0 Å². The minimum atomic E-state index is -1.09. The van der Waals surface area contributed by atoms with E-state index < -0.39 is 6.09 Å². The maximum absolute atomic E-state index is 10.4. The summed E-state index contributed by atoms with van der Waals surface area (Å²) in [6, 6.07) is 9.70. The second-order valence-electron chi connectivity index (χ2n) is 2.83. The van der Waals surface area contributed by atoms with Gasteiger partial charge in [0.25, 0.3) is 0 Å². The van der Waals surface area contributed by atoms with Crippen molar-refractivity contribution in [2.45, 2.75) is 0 Å². The van der Waals surface area contributed by atoms with Gasteiger partial charge in [-0.3, -0.25) is 5.32 Å². The van der Waals surface area contributed by atoms with Gasteiger partial charge in [0, 0.05) is 6.20 Å². The van der Waals surface area contributed by atoms with Gasteiger partial charge in [-0.05, 0) is 5.56 Å². The Kier molecular flexibility index (Phi) is 2.64. The van der Waals surface area contributed by atoms with E-state index in [-0.39, 0.29) is 0 Å². The van der Waals surface area contributed by atoms with Crippen LogP contribution in [0.1, 0.15) is 0 Å². The third-order valence-electron chi connectivity index (χ3n) is 1.78. The molecule has 0 aliphatic rings. The summed E-state index contributed by atoms with van der Waals surface area (Å²) in [5.74, 6) is 0. The fourth-order valence-corrected chi connectivity index (χ4v) is 1.97. The number of amides is 1. The highest BCUT2D eigenvalue weighted by Crippen LogP contribution is 2.28. The number of thiazole rings is 1. The van der Waals surface area contributed by atoms with Crippen molar-refractivity contribution >= 4 is 22.6 Å². The van der Waals surface area contributed by atoms with Crippen LogP contribution in [0.3, 0.4) is 0 Å². The highest BCUT2D eigenvalue weighted by Gasteiger charge is 2.05. The normalized spacial score (nSPS) is 9.87. The van der Waals surface area contributed by atoms with Crippen LogP contribution < -0.4 is 5.32 Å². The third-order valence-corrected chi connectivity index (χ3v) is 2.74. The predicted octanol–water partition coefficient (Wildman–Crippen LogP) is 2.90. The molecule has 0 bridgehead atoms. The Labute approximate surface area is 90.2 Å². The summed E-state index contributed by atoms with van der Waals surface area (Å²) < 4.78 is 0. The fourth-order valence-electron chi connectivity index (χ4n) is 1.16. The first kappa shape index (κ1) is 9.67. The van der Waals surface area contributed by atoms with Gasteiger partial charge in [-0.15, -0.1) is 0 Å². The Balaban J connectivity index is 2.24. The van der Waals surface area contributed by atoms with Gasteiger partial charge in [0.05, 0.1) is 4.88 Å². The van der Waals surface area contributed by atoms with Gasteiger partial charge in [-0.1, -0.05) is 41.7 Å². The molecule has 4 nitrogen and oxygen atoms in total. The number of aromatic nitrogens is 1. The van der Waals surface area contributed by atoms with Gasteiger partial charge in [0.2, 0.25) is 0 Å². The summed E-state index contributed by atoms with van der Waals surface area (Å²) >= 11 is 1.31. The molecule has 1 aromatic heterocycles. The third kappa shape index (κ3) is 2.32. The molecule has 1 aromatic carbocycles. The molecule has 0 atom stereocenters. The van der Waals surface area contributed by atoms with Crippen molar-refractivity contribution in [3.05, 3.63) is 36.5 Å². The molecule has 2 N–H and O–H groups in total. The van der Waals surface area contributed by atoms with Crippen molar-refractivity contribution in [2.75, 3.05) is 5.32 Å². The number of nitrogens with one attached hydrogen (secondary N) is 1. The second kappa shape index (κ2) is 4.10. The molecule has 0 fully saturated rings. The number of hydrogen-bond acceptors (Lipinski definition) is 3. The zero-order chi connectivity index (χ0) is 10.7. The first-order valence-corrected chi connectivity index (χ1v) is 5.08. The number of nitrogens with zero attached hydrogens (tertiary/aromatic N) is 1. The minimum Gasteiger partial charge on any atom is -0.465 e. The molecule has 2 aromatic rings. The Morgan fingerprint density at radius 2 is 2.07 bits per heavy atom. The summed E-state index contributed by atoms with van der Waals surface area (Å²) in [6.45, 7) is 0. The summed E-state index contributed by atoms with van der Waals surface area (Å²) in [6.07, 6.45) is 0.564. The average Bonchev–Trinajstić information content (AvgIpc) is 2.67. The number of carboxylic acid groups (broad SMARTS) is 1. The van der Waals surface area contributed by atoms with Crippen molar-refractivity contribution in [3.63, 3.8) is 0 Å². The largest absolute Gasteiger partial charge is 0.465 e. The summed E-state index contributed by atoms with van der Waals surface area (Å²) in [7, 11) is 0. The molecule has 2 rings (SSSR count). The number of hydrogen-bond donors (Lipinski definition) is 2. The molecule has 0 aliphatic heterocycles. The molecule has 0 unspecified atom stereocenters. The standard InChI is InChI=1S/C10H8N2O2S/c13-10(14)12-9-11-6-8(15-9)7-4-2-1-3-5-7/h1-6H,(H,11,12)(H,13,14). The second-order valence-corrected chi connectivity index (χ2v) is 3.86. The number of carbonyl (C=O) groups is 1. The molecule has 0 aliphatic carbocycles. The molecule has 5 heteroatoms. The van der Waals surface area contributed by atoms with Gasteiger partial charge >= 0.3 is 6.09 Å². The highest BCUT2D eigenvalue weighted by atomic mass is 32.1. The van der Waals surface area contributed by atoms with E-state index in [4.69, 9.17) is 5.11 Å². The first-order chi connectivity index (χ1) is 7.25. The van der Waals surface area contributed by atoms with Crippen molar-refractivity contribution < 1.29 is 9.90 Å². The van der Waals surface area contributed by atoms with E-state index in [2.05, 4.69) is 10.3 Å². The highest BCUT2D eigenvalue weighted by molar-refractivity contribution is 7.19. The maximum Gasteiger partial charge on any atom is 0.410 e. The van der Waals surface area contributed by atoms with E-state index in [0.717, 1.165) is 10.4 Å². The van der Waals surface area contributed by atoms with Crippen molar-refractivity contribution in [2.24, 2.45) is 0 Å². The van der Waals surface area contributed by atoms with E-state index in [1.54, 1.807) is 6.20 Å². The van der Waals surface area contributed by atoms with Gasteiger partial charge in [-0.2, -0.15) is 0 Å². The first-order valence-electron chi connectivity index (χ1n) is 4.27. The topological polar surface area (TPSA) is 62.2 Å². The van der Waals surface area contributed by atoms with Gasteiger partial charge in [0.1, 0.15) is 0 Å². The maximum atomic E-state index is 10.4. The van der Waals surface area contributed by atoms with Crippen LogP contribution in [-0.4, -0.2) is 16.2 Å². The molecule has 0 saturated carbocycles. The van der Waals surface area contributed by atoms with E-state index in [1.165, 1.54) is 11.3 Å². The average molecular weight is 220 g/mol.